The highest BCUT2D eigenvalue weighted by Crippen LogP contribution is 2.02. The van der Waals surface area contributed by atoms with Crippen molar-refractivity contribution in [3.8, 4) is 0 Å². The summed E-state index contributed by atoms with van der Waals surface area (Å²) in [5.74, 6) is -0.439. The molecule has 2 aromatic rings. The van der Waals surface area contributed by atoms with Gasteiger partial charge in [0.25, 0.3) is 0 Å². The second-order valence-electron chi connectivity index (χ2n) is 5.24. The molecule has 0 aliphatic heterocycles. The SMILES string of the molecule is O=C(/C=C/c1ccccc1)NCCCCOC(=O)c1ccccc1. The smallest absolute Gasteiger partial charge is 0.338 e. The lowest BCUT2D eigenvalue weighted by atomic mass is 10.2. The van der Waals surface area contributed by atoms with Gasteiger partial charge >= 0.3 is 5.97 Å². The quantitative estimate of drug-likeness (QED) is 0.460. The Bertz CT molecular complexity index is 666. The first kappa shape index (κ1) is 17.5. The topological polar surface area (TPSA) is 55.4 Å². The van der Waals surface area contributed by atoms with Crippen molar-refractivity contribution in [2.75, 3.05) is 13.2 Å². The highest BCUT2D eigenvalue weighted by Gasteiger charge is 2.04. The lowest BCUT2D eigenvalue weighted by Crippen LogP contribution is -2.22. The van der Waals surface area contributed by atoms with Crippen LogP contribution in [0.4, 0.5) is 0 Å². The van der Waals surface area contributed by atoms with E-state index in [-0.39, 0.29) is 11.9 Å². The highest BCUT2D eigenvalue weighted by atomic mass is 16.5. The number of carbonyl (C=O) groups is 2. The van der Waals surface area contributed by atoms with Gasteiger partial charge in [-0.15, -0.1) is 0 Å². The lowest BCUT2D eigenvalue weighted by Gasteiger charge is -2.05. The standard InChI is InChI=1S/C20H21NO3/c22-19(14-13-17-9-3-1-4-10-17)21-15-7-8-16-24-20(23)18-11-5-2-6-12-18/h1-6,9-14H,7-8,15-16H2,(H,21,22)/b14-13+. The van der Waals surface area contributed by atoms with Crippen LogP contribution >= 0.6 is 0 Å². The number of esters is 1. The predicted molar refractivity (Wildman–Crippen MR) is 94.4 cm³/mol. The molecular formula is C20H21NO3. The van der Waals surface area contributed by atoms with Gasteiger partial charge in [0.2, 0.25) is 5.91 Å². The van der Waals surface area contributed by atoms with Gasteiger partial charge in [0.15, 0.2) is 0 Å². The third-order valence-electron chi connectivity index (χ3n) is 3.34. The van der Waals surface area contributed by atoms with Crippen molar-refractivity contribution in [3.05, 3.63) is 77.9 Å². The van der Waals surface area contributed by atoms with Crippen LogP contribution in [0.5, 0.6) is 0 Å². The average Bonchev–Trinajstić information content (AvgIpc) is 2.64. The van der Waals surface area contributed by atoms with E-state index in [0.717, 1.165) is 12.0 Å². The van der Waals surface area contributed by atoms with Crippen LogP contribution in [0.1, 0.15) is 28.8 Å². The fourth-order valence-electron chi connectivity index (χ4n) is 2.06. The molecule has 24 heavy (non-hydrogen) atoms. The number of nitrogens with one attached hydrogen (secondary N) is 1. The molecule has 0 unspecified atom stereocenters. The van der Waals surface area contributed by atoms with E-state index in [9.17, 15) is 9.59 Å². The Kier molecular flexibility index (Phi) is 7.28. The Morgan fingerprint density at radius 2 is 1.58 bits per heavy atom. The summed E-state index contributed by atoms with van der Waals surface area (Å²) in [7, 11) is 0. The summed E-state index contributed by atoms with van der Waals surface area (Å²) < 4.78 is 5.17. The van der Waals surface area contributed by atoms with E-state index in [1.165, 1.54) is 6.08 Å². The van der Waals surface area contributed by atoms with Crippen LogP contribution in [0.2, 0.25) is 0 Å². The molecule has 124 valence electrons. The van der Waals surface area contributed by atoms with Crippen LogP contribution in [0, 0.1) is 0 Å². The van der Waals surface area contributed by atoms with Crippen molar-refractivity contribution >= 4 is 18.0 Å². The van der Waals surface area contributed by atoms with Gasteiger partial charge in [-0.2, -0.15) is 0 Å². The zero-order chi connectivity index (χ0) is 17.0. The molecule has 1 N–H and O–H groups in total. The lowest BCUT2D eigenvalue weighted by molar-refractivity contribution is -0.116. The van der Waals surface area contributed by atoms with Crippen LogP contribution in [0.15, 0.2) is 66.7 Å². The molecule has 1 amide bonds. The zero-order valence-corrected chi connectivity index (χ0v) is 13.5. The minimum absolute atomic E-state index is 0.125. The summed E-state index contributed by atoms with van der Waals surface area (Å²) in [4.78, 5) is 23.4. The number of benzene rings is 2. The summed E-state index contributed by atoms with van der Waals surface area (Å²) in [5.41, 5.74) is 1.54. The molecule has 4 heteroatoms. The van der Waals surface area contributed by atoms with Crippen molar-refractivity contribution in [3.63, 3.8) is 0 Å². The fourth-order valence-corrected chi connectivity index (χ4v) is 2.06. The molecule has 2 aromatic carbocycles. The Balaban J connectivity index is 1.56. The van der Waals surface area contributed by atoms with E-state index < -0.39 is 0 Å². The Hall–Kier alpha value is -2.88. The molecular weight excluding hydrogens is 302 g/mol. The van der Waals surface area contributed by atoms with Gasteiger partial charge < -0.3 is 10.1 Å². The maximum absolute atomic E-state index is 11.7. The molecule has 0 fully saturated rings. The van der Waals surface area contributed by atoms with Gasteiger partial charge in [-0.1, -0.05) is 48.5 Å². The summed E-state index contributed by atoms with van der Waals surface area (Å²) in [5, 5.41) is 2.81. The fraction of sp³-hybridized carbons (Fsp3) is 0.200. The summed E-state index contributed by atoms with van der Waals surface area (Å²) in [6.45, 7) is 0.907. The largest absolute Gasteiger partial charge is 0.462 e. The van der Waals surface area contributed by atoms with Gasteiger partial charge in [-0.3, -0.25) is 4.79 Å². The van der Waals surface area contributed by atoms with Crippen LogP contribution in [0.3, 0.4) is 0 Å². The van der Waals surface area contributed by atoms with Crippen molar-refractivity contribution in [2.24, 2.45) is 0 Å². The third kappa shape index (κ3) is 6.48. The Morgan fingerprint density at radius 1 is 0.917 bits per heavy atom. The number of hydrogen-bond donors (Lipinski definition) is 1. The van der Waals surface area contributed by atoms with E-state index in [1.54, 1.807) is 30.3 Å². The minimum Gasteiger partial charge on any atom is -0.462 e. The first-order valence-electron chi connectivity index (χ1n) is 7.99. The molecule has 0 aliphatic carbocycles. The number of hydrogen-bond acceptors (Lipinski definition) is 3. The molecule has 0 atom stereocenters. The second kappa shape index (κ2) is 10.0. The molecule has 2 rings (SSSR count). The maximum atomic E-state index is 11.7. The molecule has 4 nitrogen and oxygen atoms in total. The van der Waals surface area contributed by atoms with E-state index >= 15 is 0 Å². The van der Waals surface area contributed by atoms with E-state index in [1.807, 2.05) is 36.4 Å². The van der Waals surface area contributed by atoms with Gasteiger partial charge in [0.05, 0.1) is 12.2 Å². The number of amides is 1. The third-order valence-corrected chi connectivity index (χ3v) is 3.34. The van der Waals surface area contributed by atoms with E-state index in [2.05, 4.69) is 5.32 Å². The molecule has 0 aromatic heterocycles. The van der Waals surface area contributed by atoms with Crippen LogP contribution < -0.4 is 5.32 Å². The predicted octanol–water partition coefficient (Wildman–Crippen LogP) is 3.45. The first-order chi connectivity index (χ1) is 11.8. The monoisotopic (exact) mass is 323 g/mol. The van der Waals surface area contributed by atoms with Crippen molar-refractivity contribution in [2.45, 2.75) is 12.8 Å². The van der Waals surface area contributed by atoms with E-state index in [4.69, 9.17) is 4.74 Å². The summed E-state index contributed by atoms with van der Waals surface area (Å²) in [6, 6.07) is 18.6. The number of rotatable bonds is 8. The Morgan fingerprint density at radius 3 is 2.29 bits per heavy atom. The van der Waals surface area contributed by atoms with Crippen LogP contribution in [0.25, 0.3) is 6.08 Å². The Labute approximate surface area is 142 Å². The summed E-state index contributed by atoms with van der Waals surface area (Å²) in [6.07, 6.45) is 4.76. The molecule has 0 radical (unpaired) electrons. The van der Waals surface area contributed by atoms with Crippen molar-refractivity contribution in [1.29, 1.82) is 0 Å². The molecule has 0 aliphatic rings. The molecule has 0 heterocycles. The molecule has 0 bridgehead atoms. The maximum Gasteiger partial charge on any atom is 0.338 e. The minimum atomic E-state index is -0.314. The zero-order valence-electron chi connectivity index (χ0n) is 13.5. The highest BCUT2D eigenvalue weighted by molar-refractivity contribution is 5.91. The number of ether oxygens (including phenoxy) is 1. The van der Waals surface area contributed by atoms with Gasteiger partial charge in [0, 0.05) is 12.6 Å². The number of carbonyl (C=O) groups excluding carboxylic acids is 2. The van der Waals surface area contributed by atoms with Gasteiger partial charge in [0.1, 0.15) is 0 Å². The van der Waals surface area contributed by atoms with Crippen molar-refractivity contribution in [1.82, 2.24) is 5.32 Å². The van der Waals surface area contributed by atoms with Crippen molar-refractivity contribution < 1.29 is 14.3 Å². The summed E-state index contributed by atoms with van der Waals surface area (Å²) >= 11 is 0. The average molecular weight is 323 g/mol. The first-order valence-corrected chi connectivity index (χ1v) is 7.99. The van der Waals surface area contributed by atoms with E-state index in [0.29, 0.717) is 25.1 Å². The van der Waals surface area contributed by atoms with Crippen LogP contribution in [-0.4, -0.2) is 25.0 Å². The normalized spacial score (nSPS) is 10.5. The van der Waals surface area contributed by atoms with Gasteiger partial charge in [-0.25, -0.2) is 4.79 Å². The van der Waals surface area contributed by atoms with Gasteiger partial charge in [-0.05, 0) is 36.6 Å². The molecule has 0 saturated heterocycles. The second-order valence-corrected chi connectivity index (χ2v) is 5.24. The van der Waals surface area contributed by atoms with Crippen LogP contribution in [-0.2, 0) is 9.53 Å². The number of unbranched alkanes of at least 4 members (excludes halogenated alkanes) is 1. The molecule has 0 saturated carbocycles. The molecule has 0 spiro atoms.